The van der Waals surface area contributed by atoms with Crippen LogP contribution in [0.2, 0.25) is 0 Å². The van der Waals surface area contributed by atoms with E-state index in [1.807, 2.05) is 0 Å². The van der Waals surface area contributed by atoms with Gasteiger partial charge in [0.15, 0.2) is 0 Å². The highest BCUT2D eigenvalue weighted by Gasteiger charge is 2.18. The number of unbranched alkanes of at least 4 members (excludes halogenated alkanes) is 3. The molecule has 0 radical (unpaired) electrons. The molecule has 0 aliphatic carbocycles. The number of imidazole rings is 1. The van der Waals surface area contributed by atoms with Crippen LogP contribution in [0.1, 0.15) is 73.6 Å². The summed E-state index contributed by atoms with van der Waals surface area (Å²) in [5.74, 6) is 0. The van der Waals surface area contributed by atoms with E-state index in [2.05, 4.69) is 81.0 Å². The summed E-state index contributed by atoms with van der Waals surface area (Å²) < 4.78 is 4.60. The van der Waals surface area contributed by atoms with E-state index in [0.717, 1.165) is 6.54 Å². The van der Waals surface area contributed by atoms with Crippen molar-refractivity contribution in [1.82, 2.24) is 4.57 Å². The van der Waals surface area contributed by atoms with E-state index in [0.29, 0.717) is 5.41 Å². The standard InChI is InChI=1S/C17H33N2.CH3Cl/c1-16(2,3)11-9-7-8-10-12-18-13-14-19(15-18)17(4,5)6;1-2/h13-15H,7-12H2,1-6H3;1H3/q+1;. The number of halogens is 1. The SMILES string of the molecule is CC(C)(C)CCCCCC[n+]1ccn(C(C)(C)C)c1.CCl. The van der Waals surface area contributed by atoms with Gasteiger partial charge < -0.3 is 0 Å². The van der Waals surface area contributed by atoms with Gasteiger partial charge in [-0.15, -0.1) is 11.6 Å². The second-order valence-corrected chi connectivity index (χ2v) is 7.95. The van der Waals surface area contributed by atoms with Crippen molar-refractivity contribution in [1.29, 1.82) is 0 Å². The highest BCUT2D eigenvalue weighted by Crippen LogP contribution is 2.22. The first kappa shape index (κ1) is 20.5. The Morgan fingerprint density at radius 2 is 1.48 bits per heavy atom. The molecule has 0 aliphatic rings. The summed E-state index contributed by atoms with van der Waals surface area (Å²) in [7, 11) is 0. The molecule has 0 N–H and O–H groups in total. The van der Waals surface area contributed by atoms with Crippen molar-refractivity contribution in [2.75, 3.05) is 6.38 Å². The van der Waals surface area contributed by atoms with Crippen molar-refractivity contribution in [2.24, 2.45) is 5.41 Å². The van der Waals surface area contributed by atoms with Gasteiger partial charge in [-0.05, 0) is 45.4 Å². The molecule has 0 atom stereocenters. The Labute approximate surface area is 137 Å². The minimum atomic E-state index is 0.192. The molecule has 0 aromatic carbocycles. The molecule has 1 rings (SSSR count). The van der Waals surface area contributed by atoms with Gasteiger partial charge >= 0.3 is 0 Å². The van der Waals surface area contributed by atoms with Gasteiger partial charge in [-0.25, -0.2) is 9.13 Å². The molecule has 0 unspecified atom stereocenters. The predicted octanol–water partition coefficient (Wildman–Crippen LogP) is 5.38. The van der Waals surface area contributed by atoms with Crippen molar-refractivity contribution in [2.45, 2.75) is 85.7 Å². The van der Waals surface area contributed by atoms with E-state index < -0.39 is 0 Å². The average Bonchev–Trinajstić information content (AvgIpc) is 2.83. The molecule has 0 saturated heterocycles. The van der Waals surface area contributed by atoms with Gasteiger partial charge in [0.2, 0.25) is 6.33 Å². The Kier molecular flexibility index (Phi) is 9.28. The Bertz CT molecular complexity index is 369. The van der Waals surface area contributed by atoms with Crippen LogP contribution < -0.4 is 4.57 Å². The summed E-state index contributed by atoms with van der Waals surface area (Å²) >= 11 is 4.64. The first-order valence-electron chi connectivity index (χ1n) is 8.14. The van der Waals surface area contributed by atoms with E-state index in [-0.39, 0.29) is 5.54 Å². The van der Waals surface area contributed by atoms with E-state index in [9.17, 15) is 0 Å². The third-order valence-electron chi connectivity index (χ3n) is 3.56. The number of rotatable bonds is 6. The second-order valence-electron chi connectivity index (χ2n) is 7.95. The minimum absolute atomic E-state index is 0.192. The molecular weight excluding hydrogens is 280 g/mol. The Hall–Kier alpha value is -0.500. The van der Waals surface area contributed by atoms with Crippen LogP contribution in [0.25, 0.3) is 0 Å². The number of hydrogen-bond donors (Lipinski definition) is 0. The van der Waals surface area contributed by atoms with E-state index >= 15 is 0 Å². The van der Waals surface area contributed by atoms with Crippen LogP contribution in [-0.4, -0.2) is 11.0 Å². The van der Waals surface area contributed by atoms with Crippen molar-refractivity contribution in [3.63, 3.8) is 0 Å². The first-order valence-corrected chi connectivity index (χ1v) is 8.89. The molecule has 1 aromatic rings. The van der Waals surface area contributed by atoms with Crippen LogP contribution in [0, 0.1) is 5.41 Å². The fraction of sp³-hybridized carbons (Fsp3) is 0.833. The molecule has 0 amide bonds. The van der Waals surface area contributed by atoms with E-state index in [4.69, 9.17) is 0 Å². The molecule has 0 spiro atoms. The number of nitrogens with zero attached hydrogens (tertiary/aromatic N) is 2. The molecular formula is C18H36ClN2+. The summed E-state index contributed by atoms with van der Waals surface area (Å²) in [5, 5.41) is 0. The summed E-state index contributed by atoms with van der Waals surface area (Å²) in [5.41, 5.74) is 0.691. The minimum Gasteiger partial charge on any atom is -0.237 e. The molecule has 0 bridgehead atoms. The maximum atomic E-state index is 4.64. The highest BCUT2D eigenvalue weighted by atomic mass is 35.5. The zero-order valence-corrected chi connectivity index (χ0v) is 16.0. The largest absolute Gasteiger partial charge is 0.244 e. The fourth-order valence-electron chi connectivity index (χ4n) is 2.23. The van der Waals surface area contributed by atoms with E-state index in [1.165, 1.54) is 38.5 Å². The molecule has 124 valence electrons. The lowest BCUT2D eigenvalue weighted by atomic mass is 9.89. The molecule has 2 nitrogen and oxygen atoms in total. The third-order valence-corrected chi connectivity index (χ3v) is 3.56. The van der Waals surface area contributed by atoms with Crippen molar-refractivity contribution in [3.8, 4) is 0 Å². The number of aryl methyl sites for hydroxylation is 1. The highest BCUT2D eigenvalue weighted by molar-refractivity contribution is 6.15. The van der Waals surface area contributed by atoms with Crippen molar-refractivity contribution < 1.29 is 4.57 Å². The first-order chi connectivity index (χ1) is 9.68. The second kappa shape index (κ2) is 9.50. The number of alkyl halides is 1. The van der Waals surface area contributed by atoms with Gasteiger partial charge in [-0.2, -0.15) is 0 Å². The van der Waals surface area contributed by atoms with Crippen molar-refractivity contribution >= 4 is 11.6 Å². The van der Waals surface area contributed by atoms with Gasteiger partial charge in [0.25, 0.3) is 0 Å². The van der Waals surface area contributed by atoms with Crippen LogP contribution in [0.3, 0.4) is 0 Å². The van der Waals surface area contributed by atoms with Gasteiger partial charge in [0.1, 0.15) is 17.9 Å². The van der Waals surface area contributed by atoms with Crippen molar-refractivity contribution in [3.05, 3.63) is 18.7 Å². The summed E-state index contributed by atoms with van der Waals surface area (Å²) in [6, 6.07) is 0. The fourth-order valence-corrected chi connectivity index (χ4v) is 2.23. The Morgan fingerprint density at radius 3 is 1.95 bits per heavy atom. The van der Waals surface area contributed by atoms with Gasteiger partial charge in [-0.1, -0.05) is 33.6 Å². The molecule has 3 heteroatoms. The zero-order chi connectivity index (χ0) is 16.5. The summed E-state index contributed by atoms with van der Waals surface area (Å²) in [6.07, 6.45) is 14.8. The molecule has 1 aromatic heterocycles. The molecule has 0 saturated carbocycles. The van der Waals surface area contributed by atoms with Crippen LogP contribution in [-0.2, 0) is 12.1 Å². The lowest BCUT2D eigenvalue weighted by Gasteiger charge is -2.17. The van der Waals surface area contributed by atoms with Crippen LogP contribution in [0.15, 0.2) is 18.7 Å². The van der Waals surface area contributed by atoms with Gasteiger partial charge in [0.05, 0.1) is 6.54 Å². The number of aromatic nitrogens is 2. The number of hydrogen-bond acceptors (Lipinski definition) is 0. The Balaban J connectivity index is 0.00000191. The zero-order valence-electron chi connectivity index (χ0n) is 15.2. The summed E-state index contributed by atoms with van der Waals surface area (Å²) in [4.78, 5) is 0. The van der Waals surface area contributed by atoms with Gasteiger partial charge in [0, 0.05) is 6.38 Å². The van der Waals surface area contributed by atoms with E-state index in [1.54, 1.807) is 0 Å². The maximum Gasteiger partial charge on any atom is 0.244 e. The van der Waals surface area contributed by atoms with Crippen LogP contribution >= 0.6 is 11.6 Å². The smallest absolute Gasteiger partial charge is 0.237 e. The quantitative estimate of drug-likeness (QED) is 0.378. The third kappa shape index (κ3) is 9.95. The monoisotopic (exact) mass is 315 g/mol. The normalized spacial score (nSPS) is 12.0. The maximum absolute atomic E-state index is 4.64. The summed E-state index contributed by atoms with van der Waals surface area (Å²) in [6.45, 7) is 14.9. The lowest BCUT2D eigenvalue weighted by molar-refractivity contribution is -0.697. The van der Waals surface area contributed by atoms with Crippen LogP contribution in [0.5, 0.6) is 0 Å². The molecule has 1 heterocycles. The average molecular weight is 316 g/mol. The molecule has 0 fully saturated rings. The topological polar surface area (TPSA) is 8.81 Å². The Morgan fingerprint density at radius 1 is 0.905 bits per heavy atom. The van der Waals surface area contributed by atoms with Crippen LogP contribution in [0.4, 0.5) is 0 Å². The predicted molar refractivity (Wildman–Crippen MR) is 93.9 cm³/mol. The van der Waals surface area contributed by atoms with Gasteiger partial charge in [-0.3, -0.25) is 0 Å². The molecule has 0 aliphatic heterocycles. The molecule has 21 heavy (non-hydrogen) atoms. The lowest BCUT2D eigenvalue weighted by Crippen LogP contribution is -2.32.